The van der Waals surface area contributed by atoms with Crippen molar-refractivity contribution in [2.45, 2.75) is 6.92 Å². The van der Waals surface area contributed by atoms with Crippen LogP contribution in [-0.2, 0) is 4.79 Å². The van der Waals surface area contributed by atoms with E-state index in [1.54, 1.807) is 0 Å². The predicted octanol–water partition coefficient (Wildman–Crippen LogP) is -1.76. The Morgan fingerprint density at radius 1 is 1.20 bits per heavy atom. The lowest BCUT2D eigenvalue weighted by Gasteiger charge is -2.27. The summed E-state index contributed by atoms with van der Waals surface area (Å²) in [4.78, 5) is 14.6. The smallest absolute Gasteiger partial charge is 0.279 e. The van der Waals surface area contributed by atoms with Crippen LogP contribution in [0, 0.1) is 18.3 Å². The molecule has 2 rings (SSSR count). The van der Waals surface area contributed by atoms with Crippen LogP contribution in [0.4, 0.5) is 5.69 Å². The summed E-state index contributed by atoms with van der Waals surface area (Å²) in [5.74, 6) is 0.0626. The van der Waals surface area contributed by atoms with Crippen molar-refractivity contribution >= 4 is 11.6 Å². The Hall–Kier alpha value is -1.90. The number of anilines is 1. The summed E-state index contributed by atoms with van der Waals surface area (Å²) in [7, 11) is 0. The second-order valence-corrected chi connectivity index (χ2v) is 5.43. The number of nitrogens with zero attached hydrogens (tertiary/aromatic N) is 1. The average Bonchev–Trinajstić information content (AvgIpc) is 2.44. The van der Waals surface area contributed by atoms with Gasteiger partial charge < -0.3 is 15.1 Å². The minimum atomic E-state index is 0.0626. The number of carbonyl (C=O) groups excluding carboxylic acids is 1. The van der Waals surface area contributed by atoms with Crippen LogP contribution in [-0.4, -0.2) is 45.2 Å². The molecule has 1 aromatic rings. The normalized spacial score (nSPS) is 22.0. The third kappa shape index (κ3) is 4.34. The van der Waals surface area contributed by atoms with Crippen LogP contribution >= 0.6 is 0 Å². The lowest BCUT2D eigenvalue weighted by atomic mass is 10.2. The van der Waals surface area contributed by atoms with Crippen molar-refractivity contribution in [3.63, 3.8) is 0 Å². The van der Waals surface area contributed by atoms with Crippen LogP contribution < -0.4 is 15.1 Å². The van der Waals surface area contributed by atoms with Crippen LogP contribution in [0.5, 0.6) is 0 Å². The van der Waals surface area contributed by atoms with Gasteiger partial charge in [0.25, 0.3) is 5.91 Å². The van der Waals surface area contributed by atoms with E-state index in [0.717, 1.165) is 31.9 Å². The highest BCUT2D eigenvalue weighted by Crippen LogP contribution is 2.07. The summed E-state index contributed by atoms with van der Waals surface area (Å²) in [5.41, 5.74) is 2.04. The van der Waals surface area contributed by atoms with Gasteiger partial charge in [-0.25, -0.2) is 0 Å². The van der Waals surface area contributed by atoms with Gasteiger partial charge in [-0.3, -0.25) is 4.79 Å². The van der Waals surface area contributed by atoms with Gasteiger partial charge in [0.05, 0.1) is 0 Å². The maximum atomic E-state index is 12.0. The fraction of sp³-hybridized carbons (Fsp3) is 0.467. The van der Waals surface area contributed by atoms with E-state index in [4.69, 9.17) is 5.26 Å². The highest BCUT2D eigenvalue weighted by Gasteiger charge is 2.24. The van der Waals surface area contributed by atoms with Crippen molar-refractivity contribution in [1.82, 2.24) is 0 Å². The number of aryl methyl sites for hydroxylation is 1. The van der Waals surface area contributed by atoms with Crippen LogP contribution in [0.1, 0.15) is 5.56 Å². The van der Waals surface area contributed by atoms with Gasteiger partial charge in [0.2, 0.25) is 0 Å². The first-order valence-electron chi connectivity index (χ1n) is 7.08. The van der Waals surface area contributed by atoms with Crippen molar-refractivity contribution in [1.29, 1.82) is 5.26 Å². The zero-order chi connectivity index (χ0) is 14.4. The van der Waals surface area contributed by atoms with E-state index in [1.807, 2.05) is 31.2 Å². The van der Waals surface area contributed by atoms with Crippen molar-refractivity contribution in [3.8, 4) is 6.07 Å². The largest absolute Gasteiger partial charge is 0.321 e. The first-order chi connectivity index (χ1) is 9.67. The molecule has 0 spiro atoms. The number of nitriles is 1. The monoisotopic (exact) mass is 274 g/mol. The Balaban J connectivity index is 1.75. The SMILES string of the molecule is Cc1ccc(NC(=O)C[NH+]2CC[NH+](CC#N)CC2)cc1. The standard InChI is InChI=1S/C15H20N4O/c1-13-2-4-14(5-3-13)17-15(20)12-19-10-8-18(7-6-16)9-11-19/h2-5H,7-12H2,1H3,(H,17,20)/p+2. The lowest BCUT2D eigenvalue weighted by Crippen LogP contribution is -3.28. The fourth-order valence-corrected chi connectivity index (χ4v) is 2.49. The zero-order valence-electron chi connectivity index (χ0n) is 11.9. The number of hydrogen-bond acceptors (Lipinski definition) is 2. The predicted molar refractivity (Wildman–Crippen MR) is 76.5 cm³/mol. The quantitative estimate of drug-likeness (QED) is 0.570. The van der Waals surface area contributed by atoms with E-state index in [0.29, 0.717) is 13.1 Å². The van der Waals surface area contributed by atoms with E-state index in [9.17, 15) is 4.79 Å². The molecule has 0 aromatic heterocycles. The number of nitrogens with one attached hydrogen (secondary N) is 3. The lowest BCUT2D eigenvalue weighted by molar-refractivity contribution is -1.01. The van der Waals surface area contributed by atoms with Gasteiger partial charge in [0, 0.05) is 5.69 Å². The number of amides is 1. The molecule has 0 atom stereocenters. The number of quaternary nitrogens is 2. The molecule has 20 heavy (non-hydrogen) atoms. The second kappa shape index (κ2) is 7.04. The van der Waals surface area contributed by atoms with Crippen LogP contribution in [0.25, 0.3) is 0 Å². The highest BCUT2D eigenvalue weighted by atomic mass is 16.2. The number of rotatable bonds is 4. The molecule has 0 aliphatic carbocycles. The Bertz CT molecular complexity index is 484. The second-order valence-electron chi connectivity index (χ2n) is 5.43. The van der Waals surface area contributed by atoms with Gasteiger partial charge in [-0.05, 0) is 19.1 Å². The molecule has 3 N–H and O–H groups in total. The van der Waals surface area contributed by atoms with Gasteiger partial charge in [-0.2, -0.15) is 5.26 Å². The van der Waals surface area contributed by atoms with Gasteiger partial charge in [-0.1, -0.05) is 17.7 Å². The molecular weight excluding hydrogens is 252 g/mol. The molecule has 1 heterocycles. The van der Waals surface area contributed by atoms with Crippen molar-refractivity contribution in [2.75, 3.05) is 44.6 Å². The van der Waals surface area contributed by atoms with Crippen molar-refractivity contribution in [2.24, 2.45) is 0 Å². The van der Waals surface area contributed by atoms with Gasteiger partial charge in [-0.15, -0.1) is 0 Å². The summed E-state index contributed by atoms with van der Waals surface area (Å²) in [5, 5.41) is 11.6. The first kappa shape index (κ1) is 14.5. The molecular formula is C15H22N4O+2. The molecule has 0 saturated carbocycles. The van der Waals surface area contributed by atoms with Crippen LogP contribution in [0.15, 0.2) is 24.3 Å². The molecule has 5 heteroatoms. The molecule has 1 aliphatic rings. The molecule has 106 valence electrons. The van der Waals surface area contributed by atoms with E-state index in [-0.39, 0.29) is 5.91 Å². The van der Waals surface area contributed by atoms with E-state index >= 15 is 0 Å². The first-order valence-corrected chi connectivity index (χ1v) is 7.08. The molecule has 1 aromatic carbocycles. The summed E-state index contributed by atoms with van der Waals surface area (Å²) < 4.78 is 0. The van der Waals surface area contributed by atoms with Gasteiger partial charge >= 0.3 is 0 Å². The molecule has 1 fully saturated rings. The zero-order valence-corrected chi connectivity index (χ0v) is 11.9. The fourth-order valence-electron chi connectivity index (χ4n) is 2.49. The molecule has 1 amide bonds. The molecule has 0 radical (unpaired) electrons. The highest BCUT2D eigenvalue weighted by molar-refractivity contribution is 5.91. The average molecular weight is 274 g/mol. The van der Waals surface area contributed by atoms with Crippen LogP contribution in [0.3, 0.4) is 0 Å². The molecule has 1 aliphatic heterocycles. The maximum Gasteiger partial charge on any atom is 0.279 e. The Morgan fingerprint density at radius 2 is 1.80 bits per heavy atom. The van der Waals surface area contributed by atoms with E-state index in [1.165, 1.54) is 15.4 Å². The third-order valence-corrected chi connectivity index (χ3v) is 3.74. The van der Waals surface area contributed by atoms with Crippen LogP contribution in [0.2, 0.25) is 0 Å². The summed E-state index contributed by atoms with van der Waals surface area (Å²) in [6.07, 6.45) is 0. The van der Waals surface area contributed by atoms with Gasteiger partial charge in [0.1, 0.15) is 32.2 Å². The van der Waals surface area contributed by atoms with Crippen molar-refractivity contribution < 1.29 is 14.6 Å². The third-order valence-electron chi connectivity index (χ3n) is 3.74. The topological polar surface area (TPSA) is 61.8 Å². The number of hydrogen-bond donors (Lipinski definition) is 3. The summed E-state index contributed by atoms with van der Waals surface area (Å²) in [6.45, 7) is 6.97. The number of benzene rings is 1. The maximum absolute atomic E-state index is 12.0. The minimum Gasteiger partial charge on any atom is -0.321 e. The Morgan fingerprint density at radius 3 is 2.40 bits per heavy atom. The van der Waals surface area contributed by atoms with Crippen molar-refractivity contribution in [3.05, 3.63) is 29.8 Å². The molecule has 5 nitrogen and oxygen atoms in total. The van der Waals surface area contributed by atoms with E-state index < -0.39 is 0 Å². The number of carbonyl (C=O) groups is 1. The molecule has 1 saturated heterocycles. The Kier molecular flexibility index (Phi) is 5.10. The summed E-state index contributed by atoms with van der Waals surface area (Å²) >= 11 is 0. The van der Waals surface area contributed by atoms with Gasteiger partial charge in [0.15, 0.2) is 13.1 Å². The molecule has 0 bridgehead atoms. The minimum absolute atomic E-state index is 0.0626. The molecule has 0 unspecified atom stereocenters. The Labute approximate surface area is 119 Å². The van der Waals surface area contributed by atoms with E-state index in [2.05, 4.69) is 11.4 Å². The number of piperazine rings is 1. The summed E-state index contributed by atoms with van der Waals surface area (Å²) in [6, 6.07) is 10.0.